The van der Waals surface area contributed by atoms with E-state index in [9.17, 15) is 0 Å². The van der Waals surface area contributed by atoms with Crippen LogP contribution < -0.4 is 5.32 Å². The predicted octanol–water partition coefficient (Wildman–Crippen LogP) is 3.60. The maximum Gasteiger partial charge on any atom is 0.0454 e. The number of hydrogen-bond donors (Lipinski definition) is 1. The van der Waals surface area contributed by atoms with Gasteiger partial charge in [0.15, 0.2) is 0 Å². The molecule has 0 amide bonds. The minimum atomic E-state index is 0.464. The topological polar surface area (TPSA) is 15.3 Å². The maximum absolute atomic E-state index is 3.70. The molecule has 0 radical (unpaired) electrons. The lowest BCUT2D eigenvalue weighted by Gasteiger charge is -2.27. The third-order valence-corrected chi connectivity index (χ3v) is 4.49. The van der Waals surface area contributed by atoms with Gasteiger partial charge in [-0.2, -0.15) is 0 Å². The summed E-state index contributed by atoms with van der Waals surface area (Å²) in [5, 5.41) is 3.70. The van der Waals surface area contributed by atoms with Gasteiger partial charge in [0.05, 0.1) is 0 Å². The number of nitrogens with one attached hydrogen (secondary N) is 1. The molecule has 2 heteroatoms. The molecule has 0 bridgehead atoms. The molecule has 2 unspecified atom stereocenters. The van der Waals surface area contributed by atoms with Crippen molar-refractivity contribution in [2.45, 2.75) is 47.1 Å². The molecule has 0 spiro atoms. The second-order valence-corrected chi connectivity index (χ2v) is 6.58. The van der Waals surface area contributed by atoms with E-state index in [-0.39, 0.29) is 0 Å². The third kappa shape index (κ3) is 3.62. The molecule has 0 aromatic heterocycles. The van der Waals surface area contributed by atoms with Crippen molar-refractivity contribution in [1.82, 2.24) is 10.2 Å². The standard InChI is InChI=1S/C18H30N2/c1-6-19-17(12-20-8-7-13(2)11-20)18-15(4)9-14(3)10-16(18)5/h9-10,13,17,19H,6-8,11-12H2,1-5H3. The minimum Gasteiger partial charge on any atom is -0.309 e. The van der Waals surface area contributed by atoms with Crippen molar-refractivity contribution < 1.29 is 0 Å². The molecule has 2 nitrogen and oxygen atoms in total. The molecule has 1 fully saturated rings. The smallest absolute Gasteiger partial charge is 0.0454 e. The number of hydrogen-bond acceptors (Lipinski definition) is 2. The Hall–Kier alpha value is -0.860. The van der Waals surface area contributed by atoms with Crippen LogP contribution in [0.5, 0.6) is 0 Å². The van der Waals surface area contributed by atoms with Crippen LogP contribution in [-0.4, -0.2) is 31.1 Å². The number of likely N-dealkylation sites (tertiary alicyclic amines) is 1. The second kappa shape index (κ2) is 6.73. The number of aryl methyl sites for hydroxylation is 3. The van der Waals surface area contributed by atoms with Crippen LogP contribution in [0.4, 0.5) is 0 Å². The van der Waals surface area contributed by atoms with E-state index in [2.05, 4.69) is 57.0 Å². The van der Waals surface area contributed by atoms with Crippen LogP contribution >= 0.6 is 0 Å². The number of rotatable bonds is 5. The highest BCUT2D eigenvalue weighted by molar-refractivity contribution is 5.39. The van der Waals surface area contributed by atoms with E-state index in [0.29, 0.717) is 6.04 Å². The van der Waals surface area contributed by atoms with Gasteiger partial charge in [0.25, 0.3) is 0 Å². The first-order chi connectivity index (χ1) is 9.51. The van der Waals surface area contributed by atoms with Crippen LogP contribution in [0.3, 0.4) is 0 Å². The van der Waals surface area contributed by atoms with E-state index in [1.807, 2.05) is 0 Å². The fraction of sp³-hybridized carbons (Fsp3) is 0.667. The van der Waals surface area contributed by atoms with E-state index in [1.165, 1.54) is 41.8 Å². The Labute approximate surface area is 124 Å². The van der Waals surface area contributed by atoms with Crippen molar-refractivity contribution in [2.24, 2.45) is 5.92 Å². The molecule has 1 N–H and O–H groups in total. The fourth-order valence-corrected chi connectivity index (χ4v) is 3.70. The average Bonchev–Trinajstić information content (AvgIpc) is 2.73. The molecule has 112 valence electrons. The van der Waals surface area contributed by atoms with E-state index in [1.54, 1.807) is 0 Å². The van der Waals surface area contributed by atoms with Gasteiger partial charge in [0.2, 0.25) is 0 Å². The lowest BCUT2D eigenvalue weighted by atomic mass is 9.93. The molecule has 1 saturated heterocycles. The van der Waals surface area contributed by atoms with E-state index < -0.39 is 0 Å². The van der Waals surface area contributed by atoms with Crippen LogP contribution in [0.1, 0.15) is 48.6 Å². The first kappa shape index (κ1) is 15.5. The maximum atomic E-state index is 3.70. The average molecular weight is 274 g/mol. The summed E-state index contributed by atoms with van der Waals surface area (Å²) < 4.78 is 0. The van der Waals surface area contributed by atoms with Crippen molar-refractivity contribution >= 4 is 0 Å². The van der Waals surface area contributed by atoms with Crippen LogP contribution in [-0.2, 0) is 0 Å². The first-order valence-electron chi connectivity index (χ1n) is 8.04. The third-order valence-electron chi connectivity index (χ3n) is 4.49. The van der Waals surface area contributed by atoms with Gasteiger partial charge in [-0.1, -0.05) is 31.5 Å². The molecule has 1 heterocycles. The SMILES string of the molecule is CCNC(CN1CCC(C)C1)c1c(C)cc(C)cc1C. The van der Waals surface area contributed by atoms with Gasteiger partial charge in [-0.25, -0.2) is 0 Å². The molecule has 1 aliphatic rings. The molecule has 2 atom stereocenters. The second-order valence-electron chi connectivity index (χ2n) is 6.58. The molecule has 1 aromatic carbocycles. The highest BCUT2D eigenvalue weighted by atomic mass is 15.2. The Balaban J connectivity index is 2.20. The minimum absolute atomic E-state index is 0.464. The number of benzene rings is 1. The molecular formula is C18H30N2. The highest BCUT2D eigenvalue weighted by Gasteiger charge is 2.24. The monoisotopic (exact) mass is 274 g/mol. The summed E-state index contributed by atoms with van der Waals surface area (Å²) in [5.74, 6) is 0.859. The summed E-state index contributed by atoms with van der Waals surface area (Å²) in [6, 6.07) is 5.10. The molecular weight excluding hydrogens is 244 g/mol. The Bertz CT molecular complexity index is 430. The van der Waals surface area contributed by atoms with Crippen molar-refractivity contribution in [3.8, 4) is 0 Å². The van der Waals surface area contributed by atoms with Gasteiger partial charge in [0, 0.05) is 19.1 Å². The zero-order valence-corrected chi connectivity index (χ0v) is 13.8. The van der Waals surface area contributed by atoms with Gasteiger partial charge in [-0.15, -0.1) is 0 Å². The van der Waals surface area contributed by atoms with Gasteiger partial charge < -0.3 is 10.2 Å². The first-order valence-corrected chi connectivity index (χ1v) is 8.04. The van der Waals surface area contributed by atoms with Crippen LogP contribution in [0, 0.1) is 26.7 Å². The van der Waals surface area contributed by atoms with Gasteiger partial charge in [-0.3, -0.25) is 0 Å². The molecule has 0 saturated carbocycles. The van der Waals surface area contributed by atoms with E-state index in [4.69, 9.17) is 0 Å². The molecule has 20 heavy (non-hydrogen) atoms. The molecule has 1 aromatic rings. The summed E-state index contributed by atoms with van der Waals surface area (Å²) in [5.41, 5.74) is 5.74. The largest absolute Gasteiger partial charge is 0.309 e. The predicted molar refractivity (Wildman–Crippen MR) is 87.3 cm³/mol. The van der Waals surface area contributed by atoms with Gasteiger partial charge in [-0.05, 0) is 62.9 Å². The Morgan fingerprint density at radius 3 is 2.40 bits per heavy atom. The Morgan fingerprint density at radius 2 is 1.90 bits per heavy atom. The zero-order chi connectivity index (χ0) is 14.7. The van der Waals surface area contributed by atoms with Gasteiger partial charge >= 0.3 is 0 Å². The highest BCUT2D eigenvalue weighted by Crippen LogP contribution is 2.26. The van der Waals surface area contributed by atoms with Crippen molar-refractivity contribution in [3.63, 3.8) is 0 Å². The van der Waals surface area contributed by atoms with E-state index >= 15 is 0 Å². The molecule has 0 aliphatic carbocycles. The summed E-state index contributed by atoms with van der Waals surface area (Å²) in [6.45, 7) is 16.0. The lowest BCUT2D eigenvalue weighted by molar-refractivity contribution is 0.285. The summed E-state index contributed by atoms with van der Waals surface area (Å²) >= 11 is 0. The molecule has 2 rings (SSSR count). The Kier molecular flexibility index (Phi) is 5.22. The normalized spacial score (nSPS) is 21.4. The summed E-state index contributed by atoms with van der Waals surface area (Å²) in [6.07, 6.45) is 1.35. The zero-order valence-electron chi connectivity index (χ0n) is 13.8. The fourth-order valence-electron chi connectivity index (χ4n) is 3.70. The lowest BCUT2D eigenvalue weighted by Crippen LogP contribution is -2.34. The van der Waals surface area contributed by atoms with Crippen molar-refractivity contribution in [3.05, 3.63) is 34.4 Å². The van der Waals surface area contributed by atoms with Crippen molar-refractivity contribution in [1.29, 1.82) is 0 Å². The number of likely N-dealkylation sites (N-methyl/N-ethyl adjacent to an activating group) is 1. The van der Waals surface area contributed by atoms with Crippen LogP contribution in [0.15, 0.2) is 12.1 Å². The Morgan fingerprint density at radius 1 is 1.25 bits per heavy atom. The van der Waals surface area contributed by atoms with Gasteiger partial charge in [0.1, 0.15) is 0 Å². The van der Waals surface area contributed by atoms with Crippen LogP contribution in [0.25, 0.3) is 0 Å². The molecule has 1 aliphatic heterocycles. The van der Waals surface area contributed by atoms with Crippen molar-refractivity contribution in [2.75, 3.05) is 26.2 Å². The number of nitrogens with zero attached hydrogens (tertiary/aromatic N) is 1. The van der Waals surface area contributed by atoms with Crippen LogP contribution in [0.2, 0.25) is 0 Å². The summed E-state index contributed by atoms with van der Waals surface area (Å²) in [7, 11) is 0. The quantitative estimate of drug-likeness (QED) is 0.882. The van der Waals surface area contributed by atoms with E-state index in [0.717, 1.165) is 19.0 Å². The summed E-state index contributed by atoms with van der Waals surface area (Å²) in [4.78, 5) is 2.62.